The number of aromatic hydroxyl groups is 2. The van der Waals surface area contributed by atoms with Gasteiger partial charge in [0.1, 0.15) is 11.5 Å². The lowest BCUT2D eigenvalue weighted by Gasteiger charge is -2.44. The smallest absolute Gasteiger partial charge is 0.117 e. The Labute approximate surface area is 173 Å². The summed E-state index contributed by atoms with van der Waals surface area (Å²) >= 11 is 0. The number of benzene rings is 3. The lowest BCUT2D eigenvalue weighted by molar-refractivity contribution is 0.462. The molecule has 3 heteroatoms. The zero-order valence-electron chi connectivity index (χ0n) is 17.3. The van der Waals surface area contributed by atoms with Gasteiger partial charge in [-0.1, -0.05) is 56.3 Å². The summed E-state index contributed by atoms with van der Waals surface area (Å²) in [5.41, 5.74) is 6.20. The maximum absolute atomic E-state index is 10.1. The first-order chi connectivity index (χ1) is 14.0. The van der Waals surface area contributed by atoms with Crippen LogP contribution in [0.2, 0.25) is 0 Å². The van der Waals surface area contributed by atoms with E-state index < -0.39 is 0 Å². The van der Waals surface area contributed by atoms with Crippen molar-refractivity contribution >= 4 is 5.69 Å². The standard InChI is InChI=1S/C26H29NO2/c1-4-27-25-16-23(29)14-11-21(25)15-24(19-9-12-22(28)13-10-19)26(27)20-7-5-18(6-8-20)17(2)3/h5-14,16-17,24,26,28-29H,4,15H2,1-3H3. The summed E-state index contributed by atoms with van der Waals surface area (Å²) in [6, 6.07) is 22.5. The summed E-state index contributed by atoms with van der Waals surface area (Å²) in [5, 5.41) is 19.9. The fourth-order valence-corrected chi connectivity index (χ4v) is 4.59. The molecular formula is C26H29NO2. The van der Waals surface area contributed by atoms with Crippen molar-refractivity contribution in [2.24, 2.45) is 0 Å². The maximum Gasteiger partial charge on any atom is 0.117 e. The third-order valence-corrected chi connectivity index (χ3v) is 6.14. The predicted octanol–water partition coefficient (Wildman–Crippen LogP) is 6.13. The Morgan fingerprint density at radius 3 is 2.10 bits per heavy atom. The summed E-state index contributed by atoms with van der Waals surface area (Å²) in [7, 11) is 0. The quantitative estimate of drug-likeness (QED) is 0.566. The lowest BCUT2D eigenvalue weighted by Crippen LogP contribution is -2.38. The first-order valence-corrected chi connectivity index (χ1v) is 10.4. The van der Waals surface area contributed by atoms with Crippen molar-refractivity contribution in [3.05, 3.63) is 89.0 Å². The van der Waals surface area contributed by atoms with Crippen LogP contribution in [0.1, 0.15) is 60.9 Å². The average molecular weight is 388 g/mol. The van der Waals surface area contributed by atoms with Gasteiger partial charge >= 0.3 is 0 Å². The molecule has 0 radical (unpaired) electrons. The molecule has 1 aliphatic rings. The molecule has 2 N–H and O–H groups in total. The second-order valence-electron chi connectivity index (χ2n) is 8.27. The molecule has 2 unspecified atom stereocenters. The van der Waals surface area contributed by atoms with E-state index in [-0.39, 0.29) is 12.0 Å². The minimum absolute atomic E-state index is 0.167. The number of rotatable bonds is 4. The van der Waals surface area contributed by atoms with E-state index in [4.69, 9.17) is 0 Å². The maximum atomic E-state index is 10.1. The normalized spacial score (nSPS) is 18.7. The lowest BCUT2D eigenvalue weighted by atomic mass is 9.77. The molecule has 29 heavy (non-hydrogen) atoms. The van der Waals surface area contributed by atoms with E-state index in [2.05, 4.69) is 49.9 Å². The highest BCUT2D eigenvalue weighted by atomic mass is 16.3. The average Bonchev–Trinajstić information content (AvgIpc) is 2.73. The topological polar surface area (TPSA) is 43.7 Å². The van der Waals surface area contributed by atoms with E-state index in [9.17, 15) is 10.2 Å². The van der Waals surface area contributed by atoms with Gasteiger partial charge in [0, 0.05) is 24.2 Å². The summed E-state index contributed by atoms with van der Waals surface area (Å²) in [6.07, 6.45) is 0.896. The number of phenolic OH excluding ortho intramolecular Hbond substituents is 2. The van der Waals surface area contributed by atoms with Gasteiger partial charge in [-0.2, -0.15) is 0 Å². The van der Waals surface area contributed by atoms with E-state index >= 15 is 0 Å². The third-order valence-electron chi connectivity index (χ3n) is 6.14. The van der Waals surface area contributed by atoms with E-state index in [1.165, 1.54) is 22.3 Å². The van der Waals surface area contributed by atoms with Gasteiger partial charge in [0.2, 0.25) is 0 Å². The summed E-state index contributed by atoms with van der Waals surface area (Å²) in [4.78, 5) is 2.40. The predicted molar refractivity (Wildman–Crippen MR) is 119 cm³/mol. The molecule has 3 aromatic carbocycles. The van der Waals surface area contributed by atoms with Gasteiger partial charge in [-0.25, -0.2) is 0 Å². The monoisotopic (exact) mass is 387 g/mol. The van der Waals surface area contributed by atoms with E-state index in [1.54, 1.807) is 18.2 Å². The Morgan fingerprint density at radius 2 is 1.48 bits per heavy atom. The van der Waals surface area contributed by atoms with Crippen LogP contribution in [0.5, 0.6) is 11.5 Å². The number of hydrogen-bond donors (Lipinski definition) is 2. The van der Waals surface area contributed by atoms with Crippen LogP contribution in [0.15, 0.2) is 66.7 Å². The number of anilines is 1. The van der Waals surface area contributed by atoms with Crippen molar-refractivity contribution in [1.82, 2.24) is 0 Å². The van der Waals surface area contributed by atoms with E-state index in [1.807, 2.05) is 24.3 Å². The molecule has 150 valence electrons. The van der Waals surface area contributed by atoms with Crippen molar-refractivity contribution in [2.45, 2.75) is 45.1 Å². The summed E-state index contributed by atoms with van der Waals surface area (Å²) < 4.78 is 0. The second-order valence-corrected chi connectivity index (χ2v) is 8.27. The van der Waals surface area contributed by atoms with Crippen LogP contribution in [0.3, 0.4) is 0 Å². The van der Waals surface area contributed by atoms with Crippen molar-refractivity contribution in [3.63, 3.8) is 0 Å². The van der Waals surface area contributed by atoms with Gasteiger partial charge in [0.15, 0.2) is 0 Å². The fraction of sp³-hybridized carbons (Fsp3) is 0.308. The summed E-state index contributed by atoms with van der Waals surface area (Å²) in [5.74, 6) is 1.36. The van der Waals surface area contributed by atoms with Crippen LogP contribution in [-0.4, -0.2) is 16.8 Å². The molecule has 3 nitrogen and oxygen atoms in total. The molecular weight excluding hydrogens is 358 g/mol. The Balaban J connectivity index is 1.84. The van der Waals surface area contributed by atoms with Crippen LogP contribution >= 0.6 is 0 Å². The highest BCUT2D eigenvalue weighted by Gasteiger charge is 2.35. The van der Waals surface area contributed by atoms with Gasteiger partial charge in [-0.15, -0.1) is 0 Å². The Bertz CT molecular complexity index is 977. The third kappa shape index (κ3) is 3.69. The molecule has 1 heterocycles. The highest BCUT2D eigenvalue weighted by Crippen LogP contribution is 2.47. The molecule has 0 amide bonds. The minimum Gasteiger partial charge on any atom is -0.508 e. The number of hydrogen-bond acceptors (Lipinski definition) is 3. The van der Waals surface area contributed by atoms with Gasteiger partial charge in [-0.3, -0.25) is 0 Å². The molecule has 4 rings (SSSR count). The molecule has 0 aliphatic carbocycles. The van der Waals surface area contributed by atoms with Crippen LogP contribution in [0.25, 0.3) is 0 Å². The Kier molecular flexibility index (Phi) is 5.23. The van der Waals surface area contributed by atoms with Gasteiger partial charge < -0.3 is 15.1 Å². The molecule has 0 fully saturated rings. The largest absolute Gasteiger partial charge is 0.508 e. The van der Waals surface area contributed by atoms with Gasteiger partial charge in [0.05, 0.1) is 6.04 Å². The SMILES string of the molecule is CCN1c2cc(O)ccc2CC(c2ccc(O)cc2)C1c1ccc(C(C)C)cc1. The van der Waals surface area contributed by atoms with Gasteiger partial charge in [-0.05, 0) is 59.7 Å². The molecule has 0 bridgehead atoms. The van der Waals surface area contributed by atoms with Crippen LogP contribution < -0.4 is 4.90 Å². The van der Waals surface area contributed by atoms with Crippen molar-refractivity contribution in [2.75, 3.05) is 11.4 Å². The molecule has 1 aliphatic heterocycles. The number of likely N-dealkylation sites (N-methyl/N-ethyl adjacent to an activating group) is 1. The zero-order valence-corrected chi connectivity index (χ0v) is 17.3. The highest BCUT2D eigenvalue weighted by molar-refractivity contribution is 5.62. The molecule has 0 saturated carbocycles. The van der Waals surface area contributed by atoms with Crippen molar-refractivity contribution < 1.29 is 10.2 Å². The van der Waals surface area contributed by atoms with Crippen molar-refractivity contribution in [3.8, 4) is 11.5 Å². The van der Waals surface area contributed by atoms with Gasteiger partial charge in [0.25, 0.3) is 0 Å². The van der Waals surface area contributed by atoms with E-state index in [0.29, 0.717) is 17.4 Å². The van der Waals surface area contributed by atoms with Crippen LogP contribution in [0.4, 0.5) is 5.69 Å². The minimum atomic E-state index is 0.167. The second kappa shape index (κ2) is 7.82. The molecule has 2 atom stereocenters. The molecule has 0 aromatic heterocycles. The first-order valence-electron chi connectivity index (χ1n) is 10.4. The molecule has 3 aromatic rings. The zero-order chi connectivity index (χ0) is 20.5. The van der Waals surface area contributed by atoms with Crippen LogP contribution in [0, 0.1) is 0 Å². The van der Waals surface area contributed by atoms with E-state index in [0.717, 1.165) is 18.7 Å². The summed E-state index contributed by atoms with van der Waals surface area (Å²) in [6.45, 7) is 7.45. The Morgan fingerprint density at radius 1 is 0.862 bits per heavy atom. The molecule has 0 saturated heterocycles. The molecule has 0 spiro atoms. The number of phenols is 2. The van der Waals surface area contributed by atoms with Crippen LogP contribution in [-0.2, 0) is 6.42 Å². The fourth-order valence-electron chi connectivity index (χ4n) is 4.59. The first kappa shape index (κ1) is 19.4. The Hall–Kier alpha value is -2.94. The number of fused-ring (bicyclic) bond motifs is 1. The van der Waals surface area contributed by atoms with Crippen molar-refractivity contribution in [1.29, 1.82) is 0 Å². The number of nitrogens with zero attached hydrogens (tertiary/aromatic N) is 1.